The van der Waals surface area contributed by atoms with Crippen molar-refractivity contribution < 1.29 is 0 Å². The molecule has 5 aromatic carbocycles. The fourth-order valence-electron chi connectivity index (χ4n) is 6.94. The van der Waals surface area contributed by atoms with Crippen LogP contribution in [0.3, 0.4) is 0 Å². The zero-order valence-corrected chi connectivity index (χ0v) is 24.3. The molecule has 0 amide bonds. The fraction of sp³-hybridized carbons (Fsp3) is 0.0500. The lowest BCUT2D eigenvalue weighted by atomic mass is 9.68. The number of rotatable bonds is 3. The highest BCUT2D eigenvalue weighted by atomic mass is 16.1. The van der Waals surface area contributed by atoms with Crippen LogP contribution in [0.2, 0.25) is 0 Å². The highest BCUT2D eigenvalue weighted by molar-refractivity contribution is 6.20. The first-order chi connectivity index (χ1) is 22.0. The third-order valence-corrected chi connectivity index (χ3v) is 9.18. The number of nitrogens with zero attached hydrogens (tertiary/aromatic N) is 4. The molecule has 0 radical (unpaired) electrons. The Morgan fingerprint density at radius 3 is 2.00 bits per heavy atom. The van der Waals surface area contributed by atoms with Crippen molar-refractivity contribution in [2.45, 2.75) is 12.3 Å². The second-order valence-electron chi connectivity index (χ2n) is 11.5. The second kappa shape index (κ2) is 9.88. The van der Waals surface area contributed by atoms with Crippen LogP contribution in [-0.2, 0) is 5.41 Å². The standard InChI is InChI=1S/C40H24N4O/c1-40(28-15-9-4-10-16-28)29(24-42)21-34-35(22-33(40)26-13-7-3-8-14-26)44-38(43-34)31-20-19-30(25-11-5-2-6-12-25)36-27(23-41)17-18-32(37(31)36)39(44)45/h2-22H,1H3. The predicted octanol–water partition coefficient (Wildman–Crippen LogP) is 8.40. The number of nitriles is 2. The van der Waals surface area contributed by atoms with Crippen molar-refractivity contribution in [2.24, 2.45) is 0 Å². The molecule has 0 fully saturated rings. The molecule has 1 aliphatic rings. The van der Waals surface area contributed by atoms with Crippen molar-refractivity contribution in [1.29, 1.82) is 10.5 Å². The van der Waals surface area contributed by atoms with Crippen LogP contribution < -0.4 is 5.56 Å². The molecule has 2 aromatic heterocycles. The van der Waals surface area contributed by atoms with E-state index in [9.17, 15) is 15.3 Å². The second-order valence-corrected chi connectivity index (χ2v) is 11.5. The Labute approximate surface area is 259 Å². The molecular formula is C40H24N4O. The summed E-state index contributed by atoms with van der Waals surface area (Å²) in [6.45, 7) is 2.06. The number of imidazole rings is 1. The van der Waals surface area contributed by atoms with Crippen LogP contribution in [0, 0.1) is 22.7 Å². The normalized spacial score (nSPS) is 16.1. The van der Waals surface area contributed by atoms with E-state index in [1.165, 1.54) is 0 Å². The Bertz CT molecular complexity index is 2520. The largest absolute Gasteiger partial charge is 0.268 e. The highest BCUT2D eigenvalue weighted by Crippen LogP contribution is 2.48. The summed E-state index contributed by atoms with van der Waals surface area (Å²) < 4.78 is 1.67. The summed E-state index contributed by atoms with van der Waals surface area (Å²) in [5, 5.41) is 23.5. The first kappa shape index (κ1) is 26.3. The van der Waals surface area contributed by atoms with Gasteiger partial charge in [-0.1, -0.05) is 97.1 Å². The van der Waals surface area contributed by atoms with E-state index in [2.05, 4.69) is 19.1 Å². The van der Waals surface area contributed by atoms with Crippen molar-refractivity contribution in [3.63, 3.8) is 0 Å². The lowest BCUT2D eigenvalue weighted by Gasteiger charge is -2.32. The average Bonchev–Trinajstić information content (AvgIpc) is 3.40. The molecule has 8 rings (SSSR count). The lowest BCUT2D eigenvalue weighted by Crippen LogP contribution is -2.26. The van der Waals surface area contributed by atoms with Crippen molar-refractivity contribution in [2.75, 3.05) is 0 Å². The van der Waals surface area contributed by atoms with E-state index in [0.29, 0.717) is 33.6 Å². The SMILES string of the molecule is CC1(c2ccccc2)C(C#N)=Cc2nc3c4ccc(-c5ccccc5)c5c(C#N)ccc(c(=O)n3c2C=C1c1ccccc1)c54. The van der Waals surface area contributed by atoms with Gasteiger partial charge in [0.25, 0.3) is 5.56 Å². The van der Waals surface area contributed by atoms with Crippen LogP contribution in [0.5, 0.6) is 0 Å². The number of fused-ring (bicyclic) bond motifs is 4. The smallest absolute Gasteiger partial charge is 0.264 e. The maximum Gasteiger partial charge on any atom is 0.264 e. The topological polar surface area (TPSA) is 81.9 Å². The van der Waals surface area contributed by atoms with Gasteiger partial charge in [-0.2, -0.15) is 10.5 Å². The van der Waals surface area contributed by atoms with E-state index in [1.807, 2.05) is 115 Å². The van der Waals surface area contributed by atoms with Gasteiger partial charge in [-0.3, -0.25) is 9.20 Å². The summed E-state index contributed by atoms with van der Waals surface area (Å²) >= 11 is 0. The number of benzene rings is 5. The Hall–Kier alpha value is -6.30. The molecule has 0 N–H and O–H groups in total. The van der Waals surface area contributed by atoms with Crippen LogP contribution in [0.25, 0.3) is 56.0 Å². The molecule has 0 bridgehead atoms. The third-order valence-electron chi connectivity index (χ3n) is 9.18. The van der Waals surface area contributed by atoms with Crippen LogP contribution in [0.1, 0.15) is 35.0 Å². The predicted molar refractivity (Wildman–Crippen MR) is 180 cm³/mol. The molecule has 1 atom stereocenters. The van der Waals surface area contributed by atoms with Gasteiger partial charge in [0.15, 0.2) is 0 Å². The molecule has 1 aliphatic carbocycles. The molecule has 0 saturated heterocycles. The van der Waals surface area contributed by atoms with E-state index < -0.39 is 5.41 Å². The first-order valence-electron chi connectivity index (χ1n) is 14.7. The zero-order valence-electron chi connectivity index (χ0n) is 24.3. The number of allylic oxidation sites excluding steroid dienone is 2. The molecule has 0 aliphatic heterocycles. The molecule has 1 unspecified atom stereocenters. The molecule has 2 heterocycles. The van der Waals surface area contributed by atoms with E-state index in [0.717, 1.165) is 44.0 Å². The van der Waals surface area contributed by atoms with Gasteiger partial charge in [0, 0.05) is 27.1 Å². The lowest BCUT2D eigenvalue weighted by molar-refractivity contribution is 0.757. The highest BCUT2D eigenvalue weighted by Gasteiger charge is 2.39. The van der Waals surface area contributed by atoms with Gasteiger partial charge in [-0.25, -0.2) is 4.98 Å². The van der Waals surface area contributed by atoms with E-state index in [-0.39, 0.29) is 5.56 Å². The maximum atomic E-state index is 14.5. The van der Waals surface area contributed by atoms with Crippen molar-refractivity contribution >= 4 is 44.9 Å². The van der Waals surface area contributed by atoms with E-state index in [4.69, 9.17) is 4.98 Å². The Balaban J connectivity index is 1.52. The van der Waals surface area contributed by atoms with Crippen LogP contribution in [-0.4, -0.2) is 9.38 Å². The fourth-order valence-corrected chi connectivity index (χ4v) is 6.94. The van der Waals surface area contributed by atoms with Gasteiger partial charge in [0.2, 0.25) is 0 Å². The van der Waals surface area contributed by atoms with Crippen LogP contribution in [0.4, 0.5) is 0 Å². The van der Waals surface area contributed by atoms with Crippen LogP contribution in [0.15, 0.2) is 126 Å². The molecule has 0 spiro atoms. The third kappa shape index (κ3) is 3.72. The summed E-state index contributed by atoms with van der Waals surface area (Å²) in [5.41, 5.74) is 6.34. The molecule has 45 heavy (non-hydrogen) atoms. The Morgan fingerprint density at radius 1 is 0.689 bits per heavy atom. The maximum absolute atomic E-state index is 14.5. The van der Waals surface area contributed by atoms with E-state index >= 15 is 0 Å². The zero-order chi connectivity index (χ0) is 30.7. The monoisotopic (exact) mass is 576 g/mol. The van der Waals surface area contributed by atoms with Gasteiger partial charge in [-0.05, 0) is 65.1 Å². The van der Waals surface area contributed by atoms with Gasteiger partial charge in [0.05, 0.1) is 34.5 Å². The summed E-state index contributed by atoms with van der Waals surface area (Å²) in [5.74, 6) is 0. The number of aromatic nitrogens is 2. The summed E-state index contributed by atoms with van der Waals surface area (Å²) in [6.07, 6.45) is 3.85. The van der Waals surface area contributed by atoms with Crippen molar-refractivity contribution in [3.8, 4) is 23.3 Å². The molecule has 0 saturated carbocycles. The number of pyridine rings is 1. The number of hydrogen-bond donors (Lipinski definition) is 0. The molecular weight excluding hydrogens is 552 g/mol. The summed E-state index contributed by atoms with van der Waals surface area (Å²) in [6, 6.07) is 42.2. The first-order valence-corrected chi connectivity index (χ1v) is 14.7. The summed E-state index contributed by atoms with van der Waals surface area (Å²) in [7, 11) is 0. The number of hydrogen-bond acceptors (Lipinski definition) is 4. The van der Waals surface area contributed by atoms with Crippen molar-refractivity contribution in [3.05, 3.63) is 159 Å². The van der Waals surface area contributed by atoms with Crippen molar-refractivity contribution in [1.82, 2.24) is 9.38 Å². The van der Waals surface area contributed by atoms with Crippen LogP contribution >= 0.6 is 0 Å². The molecule has 5 nitrogen and oxygen atoms in total. The summed E-state index contributed by atoms with van der Waals surface area (Å²) in [4.78, 5) is 19.6. The molecule has 5 heteroatoms. The quantitative estimate of drug-likeness (QED) is 0.212. The molecule has 7 aromatic rings. The van der Waals surface area contributed by atoms with Gasteiger partial charge >= 0.3 is 0 Å². The molecule has 210 valence electrons. The van der Waals surface area contributed by atoms with Gasteiger partial charge < -0.3 is 0 Å². The minimum Gasteiger partial charge on any atom is -0.268 e. The average molecular weight is 577 g/mol. The Morgan fingerprint density at radius 2 is 1.33 bits per heavy atom. The van der Waals surface area contributed by atoms with E-state index in [1.54, 1.807) is 16.5 Å². The minimum absolute atomic E-state index is 0.218. The van der Waals surface area contributed by atoms with Gasteiger partial charge in [-0.15, -0.1) is 0 Å². The Kier molecular flexibility index (Phi) is 5.78. The van der Waals surface area contributed by atoms with Gasteiger partial charge in [0.1, 0.15) is 5.65 Å². The minimum atomic E-state index is -0.805.